The van der Waals surface area contributed by atoms with Gasteiger partial charge in [0.15, 0.2) is 5.78 Å². The molecule has 0 aromatic heterocycles. The van der Waals surface area contributed by atoms with Gasteiger partial charge in [0, 0.05) is 23.7 Å². The molecule has 2 N–H and O–H groups in total. The van der Waals surface area contributed by atoms with E-state index in [0.29, 0.717) is 11.3 Å². The van der Waals surface area contributed by atoms with Crippen LogP contribution >= 0.6 is 12.4 Å². The average molecular weight is 305 g/mol. The summed E-state index contributed by atoms with van der Waals surface area (Å²) in [7, 11) is -3.27. The number of Topliss-reactive ketones (excluding diaryl/α,β-unsaturated/α-hetero) is 1. The first-order valence-corrected chi connectivity index (χ1v) is 7.67. The molecular weight excluding hydrogens is 288 g/mol. The molecule has 1 aromatic rings. The first kappa shape index (κ1) is 15.9. The molecular formula is C12H17ClN2O3S. The predicted octanol–water partition coefficient (Wildman–Crippen LogP) is 1.27. The predicted molar refractivity (Wildman–Crippen MR) is 77.5 cm³/mol. The Bertz CT molecular complexity index is 537. The fourth-order valence-electron chi connectivity index (χ4n) is 2.03. The van der Waals surface area contributed by atoms with Crippen LogP contribution in [0.15, 0.2) is 24.3 Å². The van der Waals surface area contributed by atoms with Crippen molar-refractivity contribution in [1.82, 2.24) is 5.32 Å². The maximum absolute atomic E-state index is 12.1. The molecule has 0 amide bonds. The minimum Gasteiger partial charge on any atom is -0.316 e. The summed E-state index contributed by atoms with van der Waals surface area (Å²) in [6.45, 7) is 1.60. The quantitative estimate of drug-likeness (QED) is 0.822. The van der Waals surface area contributed by atoms with Crippen molar-refractivity contribution in [3.8, 4) is 0 Å². The van der Waals surface area contributed by atoms with Gasteiger partial charge in [-0.2, -0.15) is 0 Å². The minimum absolute atomic E-state index is 0. The lowest BCUT2D eigenvalue weighted by Gasteiger charge is -2.08. The van der Waals surface area contributed by atoms with Gasteiger partial charge in [0.25, 0.3) is 0 Å². The zero-order valence-electron chi connectivity index (χ0n) is 10.5. The van der Waals surface area contributed by atoms with Crippen molar-refractivity contribution in [3.05, 3.63) is 29.8 Å². The normalized spacial score (nSPS) is 18.7. The summed E-state index contributed by atoms with van der Waals surface area (Å²) in [5, 5.41) is 3.15. The van der Waals surface area contributed by atoms with E-state index in [0.717, 1.165) is 25.8 Å². The van der Waals surface area contributed by atoms with Gasteiger partial charge in [-0.05, 0) is 37.2 Å². The zero-order valence-corrected chi connectivity index (χ0v) is 12.2. The number of benzene rings is 1. The van der Waals surface area contributed by atoms with Gasteiger partial charge in [0.05, 0.1) is 6.26 Å². The molecule has 0 saturated carbocycles. The van der Waals surface area contributed by atoms with Crippen molar-refractivity contribution in [1.29, 1.82) is 0 Å². The molecule has 1 aliphatic heterocycles. The largest absolute Gasteiger partial charge is 0.316 e. The maximum atomic E-state index is 12.1. The second-order valence-corrected chi connectivity index (χ2v) is 6.25. The molecule has 0 radical (unpaired) electrons. The highest BCUT2D eigenvalue weighted by molar-refractivity contribution is 7.92. The third-order valence-corrected chi connectivity index (χ3v) is 3.51. The van der Waals surface area contributed by atoms with E-state index in [9.17, 15) is 13.2 Å². The van der Waals surface area contributed by atoms with Crippen LogP contribution in [0.2, 0.25) is 0 Å². The highest BCUT2D eigenvalue weighted by Gasteiger charge is 2.23. The van der Waals surface area contributed by atoms with Crippen LogP contribution in [0.5, 0.6) is 0 Å². The second-order valence-electron chi connectivity index (χ2n) is 4.51. The number of nitrogens with one attached hydrogen (secondary N) is 2. The molecule has 1 aromatic carbocycles. The second kappa shape index (κ2) is 6.36. The van der Waals surface area contributed by atoms with Gasteiger partial charge in [-0.25, -0.2) is 8.42 Å². The molecule has 19 heavy (non-hydrogen) atoms. The molecule has 1 aliphatic rings. The topological polar surface area (TPSA) is 75.3 Å². The van der Waals surface area contributed by atoms with Crippen LogP contribution in [0.1, 0.15) is 16.8 Å². The van der Waals surface area contributed by atoms with E-state index in [2.05, 4.69) is 10.0 Å². The fourth-order valence-corrected chi connectivity index (χ4v) is 2.59. The highest BCUT2D eigenvalue weighted by atomic mass is 35.5. The molecule has 0 spiro atoms. The molecule has 0 aliphatic carbocycles. The van der Waals surface area contributed by atoms with E-state index in [-0.39, 0.29) is 24.1 Å². The van der Waals surface area contributed by atoms with Crippen LogP contribution in [0.3, 0.4) is 0 Å². The molecule has 1 saturated heterocycles. The molecule has 1 atom stereocenters. The first-order valence-electron chi connectivity index (χ1n) is 5.78. The zero-order chi connectivity index (χ0) is 13.2. The third-order valence-electron chi connectivity index (χ3n) is 2.90. The number of halogens is 1. The standard InChI is InChI=1S/C12H16N2O3S.ClH/c1-18(16,17)14-11-4-2-9(3-5-11)12(15)10-6-7-13-8-10;/h2-5,10,13-14H,6-8H2,1H3;1H. The SMILES string of the molecule is CS(=O)(=O)Nc1ccc(C(=O)C2CCNC2)cc1.Cl. The summed E-state index contributed by atoms with van der Waals surface area (Å²) in [5.41, 5.74) is 1.10. The molecule has 1 heterocycles. The lowest BCUT2D eigenvalue weighted by atomic mass is 9.97. The summed E-state index contributed by atoms with van der Waals surface area (Å²) in [5.74, 6) is 0.157. The number of carbonyl (C=O) groups excluding carboxylic acids is 1. The van der Waals surface area contributed by atoms with Crippen molar-refractivity contribution in [2.24, 2.45) is 5.92 Å². The van der Waals surface area contributed by atoms with E-state index >= 15 is 0 Å². The summed E-state index contributed by atoms with van der Waals surface area (Å²) in [6.07, 6.45) is 1.96. The Hall–Kier alpha value is -1.11. The van der Waals surface area contributed by atoms with Crippen molar-refractivity contribution >= 4 is 33.9 Å². The van der Waals surface area contributed by atoms with Crippen molar-refractivity contribution in [3.63, 3.8) is 0 Å². The van der Waals surface area contributed by atoms with Crippen LogP contribution < -0.4 is 10.0 Å². The van der Waals surface area contributed by atoms with Gasteiger partial charge in [-0.3, -0.25) is 9.52 Å². The molecule has 1 unspecified atom stereocenters. The number of rotatable bonds is 4. The Labute approximate surface area is 119 Å². The smallest absolute Gasteiger partial charge is 0.229 e. The lowest BCUT2D eigenvalue weighted by molar-refractivity contribution is 0.0930. The Morgan fingerprint density at radius 2 is 1.95 bits per heavy atom. The lowest BCUT2D eigenvalue weighted by Crippen LogP contribution is -2.18. The minimum atomic E-state index is -3.27. The van der Waals surface area contributed by atoms with E-state index in [1.54, 1.807) is 24.3 Å². The van der Waals surface area contributed by atoms with E-state index < -0.39 is 10.0 Å². The number of hydrogen-bond acceptors (Lipinski definition) is 4. The molecule has 2 rings (SSSR count). The third kappa shape index (κ3) is 4.49. The molecule has 106 valence electrons. The Morgan fingerprint density at radius 3 is 2.42 bits per heavy atom. The van der Waals surface area contributed by atoms with Crippen molar-refractivity contribution < 1.29 is 13.2 Å². The van der Waals surface area contributed by atoms with Gasteiger partial charge >= 0.3 is 0 Å². The van der Waals surface area contributed by atoms with Crippen LogP contribution in [-0.4, -0.2) is 33.5 Å². The van der Waals surface area contributed by atoms with Crippen LogP contribution in [0.4, 0.5) is 5.69 Å². The fraction of sp³-hybridized carbons (Fsp3) is 0.417. The summed E-state index contributed by atoms with van der Waals surface area (Å²) in [6, 6.07) is 6.54. The summed E-state index contributed by atoms with van der Waals surface area (Å²) in [4.78, 5) is 12.1. The Kier molecular flexibility index (Phi) is 5.34. The first-order chi connectivity index (χ1) is 8.46. The number of hydrogen-bond donors (Lipinski definition) is 2. The number of ketones is 1. The highest BCUT2D eigenvalue weighted by Crippen LogP contribution is 2.17. The average Bonchev–Trinajstić information content (AvgIpc) is 2.80. The maximum Gasteiger partial charge on any atom is 0.229 e. The summed E-state index contributed by atoms with van der Waals surface area (Å²) < 4.78 is 24.4. The van der Waals surface area contributed by atoms with Crippen molar-refractivity contribution in [2.75, 3.05) is 24.1 Å². The van der Waals surface area contributed by atoms with Crippen LogP contribution in [-0.2, 0) is 10.0 Å². The monoisotopic (exact) mass is 304 g/mol. The molecule has 0 bridgehead atoms. The Morgan fingerprint density at radius 1 is 1.32 bits per heavy atom. The number of carbonyl (C=O) groups is 1. The van der Waals surface area contributed by atoms with Crippen LogP contribution in [0.25, 0.3) is 0 Å². The van der Waals surface area contributed by atoms with Gasteiger partial charge in [-0.15, -0.1) is 12.4 Å². The molecule has 5 nitrogen and oxygen atoms in total. The van der Waals surface area contributed by atoms with Crippen LogP contribution in [0, 0.1) is 5.92 Å². The van der Waals surface area contributed by atoms with E-state index in [4.69, 9.17) is 0 Å². The van der Waals surface area contributed by atoms with E-state index in [1.165, 1.54) is 0 Å². The number of anilines is 1. The van der Waals surface area contributed by atoms with Gasteiger partial charge in [0.1, 0.15) is 0 Å². The molecule has 1 fully saturated rings. The van der Waals surface area contributed by atoms with Gasteiger partial charge < -0.3 is 5.32 Å². The summed E-state index contributed by atoms with van der Waals surface area (Å²) >= 11 is 0. The number of sulfonamides is 1. The van der Waals surface area contributed by atoms with Crippen molar-refractivity contribution in [2.45, 2.75) is 6.42 Å². The molecule has 7 heteroatoms. The van der Waals surface area contributed by atoms with E-state index in [1.807, 2.05) is 0 Å². The van der Waals surface area contributed by atoms with Gasteiger partial charge in [0.2, 0.25) is 10.0 Å². The Balaban J connectivity index is 0.00000180. The van der Waals surface area contributed by atoms with Gasteiger partial charge in [-0.1, -0.05) is 0 Å².